The van der Waals surface area contributed by atoms with Gasteiger partial charge in [-0.25, -0.2) is 9.97 Å². The quantitative estimate of drug-likeness (QED) is 0.335. The molecule has 0 radical (unpaired) electrons. The number of hydrogen-bond acceptors (Lipinski definition) is 6. The van der Waals surface area contributed by atoms with Crippen molar-refractivity contribution < 1.29 is 10.2 Å². The molecule has 0 saturated heterocycles. The molecule has 0 unspecified atom stereocenters. The predicted octanol–water partition coefficient (Wildman–Crippen LogP) is 6.68. The number of rotatable bonds is 4. The topological polar surface area (TPSA) is 66.2 Å². The van der Waals surface area contributed by atoms with Crippen molar-refractivity contribution in [3.05, 3.63) is 83.6 Å². The van der Waals surface area contributed by atoms with Gasteiger partial charge in [-0.05, 0) is 30.3 Å². The largest absolute Gasteiger partial charge is 0.507 e. The molecule has 5 rings (SSSR count). The Bertz CT molecular complexity index is 1240. The fraction of sp³-hybridized carbons (Fsp3) is 0. The summed E-state index contributed by atoms with van der Waals surface area (Å²) in [5.41, 5.74) is 4.97. The minimum absolute atomic E-state index is 0.225. The first-order chi connectivity index (χ1) is 14.7. The monoisotopic (exact) mass is 428 g/mol. The number of hydrogen-bond donors (Lipinski definition) is 2. The van der Waals surface area contributed by atoms with Crippen LogP contribution in [-0.2, 0) is 0 Å². The molecule has 0 aliphatic rings. The molecule has 2 heterocycles. The number of aromatic hydroxyl groups is 2. The number of phenols is 2. The molecule has 0 aliphatic carbocycles. The molecule has 0 amide bonds. The van der Waals surface area contributed by atoms with Crippen molar-refractivity contribution in [3.63, 3.8) is 0 Å². The minimum Gasteiger partial charge on any atom is -0.507 e. The molecule has 3 aromatic carbocycles. The molecule has 0 bridgehead atoms. The van der Waals surface area contributed by atoms with Gasteiger partial charge in [0.2, 0.25) is 0 Å². The second kappa shape index (κ2) is 7.74. The molecule has 4 nitrogen and oxygen atoms in total. The zero-order valence-corrected chi connectivity index (χ0v) is 17.3. The van der Waals surface area contributed by atoms with E-state index in [1.54, 1.807) is 46.9 Å². The lowest BCUT2D eigenvalue weighted by Crippen LogP contribution is -1.83. The molecular weight excluding hydrogens is 412 g/mol. The fourth-order valence-corrected chi connectivity index (χ4v) is 4.86. The molecule has 0 fully saturated rings. The highest BCUT2D eigenvalue weighted by Crippen LogP contribution is 2.36. The van der Waals surface area contributed by atoms with Crippen LogP contribution in [0.25, 0.3) is 43.7 Å². The van der Waals surface area contributed by atoms with E-state index in [1.807, 2.05) is 53.2 Å². The summed E-state index contributed by atoms with van der Waals surface area (Å²) in [6.07, 6.45) is 0. The first-order valence-corrected chi connectivity index (χ1v) is 11.0. The van der Waals surface area contributed by atoms with Crippen molar-refractivity contribution in [1.29, 1.82) is 0 Å². The van der Waals surface area contributed by atoms with Gasteiger partial charge in [-0.3, -0.25) is 0 Å². The number of para-hydroxylation sites is 2. The summed E-state index contributed by atoms with van der Waals surface area (Å²) >= 11 is 3.08. The smallest absolute Gasteiger partial charge is 0.125 e. The molecule has 0 saturated carbocycles. The van der Waals surface area contributed by atoms with Crippen molar-refractivity contribution in [1.82, 2.24) is 9.97 Å². The lowest BCUT2D eigenvalue weighted by atomic mass is 10.1. The Morgan fingerprint density at radius 1 is 0.567 bits per heavy atom. The van der Waals surface area contributed by atoms with Gasteiger partial charge in [-0.2, -0.15) is 0 Å². The van der Waals surface area contributed by atoms with Gasteiger partial charge in [-0.15, -0.1) is 22.7 Å². The Hall–Kier alpha value is -3.48. The lowest BCUT2D eigenvalue weighted by Gasteiger charge is -2.02. The molecule has 0 spiro atoms. The second-order valence-corrected chi connectivity index (χ2v) is 8.41. The summed E-state index contributed by atoms with van der Waals surface area (Å²) in [5, 5.41) is 25.9. The van der Waals surface area contributed by atoms with Crippen molar-refractivity contribution in [3.8, 4) is 55.2 Å². The highest BCUT2D eigenvalue weighted by Gasteiger charge is 2.13. The third-order valence-corrected chi connectivity index (χ3v) is 6.51. The van der Waals surface area contributed by atoms with Crippen LogP contribution in [0.15, 0.2) is 83.6 Å². The van der Waals surface area contributed by atoms with Gasteiger partial charge in [0.1, 0.15) is 21.5 Å². The minimum atomic E-state index is 0.225. The summed E-state index contributed by atoms with van der Waals surface area (Å²) in [7, 11) is 0. The van der Waals surface area contributed by atoms with Crippen LogP contribution < -0.4 is 0 Å². The Labute approximate surface area is 181 Å². The number of aromatic nitrogens is 2. The van der Waals surface area contributed by atoms with E-state index in [1.165, 1.54) is 0 Å². The van der Waals surface area contributed by atoms with Crippen LogP contribution in [0.5, 0.6) is 11.5 Å². The zero-order valence-electron chi connectivity index (χ0n) is 15.7. The second-order valence-electron chi connectivity index (χ2n) is 6.69. The first-order valence-electron chi connectivity index (χ1n) is 9.27. The molecular formula is C24H16N2O2S2. The third kappa shape index (κ3) is 3.47. The Balaban J connectivity index is 1.47. The summed E-state index contributed by atoms with van der Waals surface area (Å²) in [4.78, 5) is 9.44. The Morgan fingerprint density at radius 3 is 1.50 bits per heavy atom. The van der Waals surface area contributed by atoms with Crippen molar-refractivity contribution >= 4 is 22.7 Å². The number of benzene rings is 3. The van der Waals surface area contributed by atoms with Crippen molar-refractivity contribution in [2.24, 2.45) is 0 Å². The summed E-state index contributed by atoms with van der Waals surface area (Å²) in [6.45, 7) is 0. The van der Waals surface area contributed by atoms with Crippen molar-refractivity contribution in [2.75, 3.05) is 0 Å². The van der Waals surface area contributed by atoms with Crippen LogP contribution >= 0.6 is 22.7 Å². The van der Waals surface area contributed by atoms with E-state index >= 15 is 0 Å². The van der Waals surface area contributed by atoms with E-state index in [9.17, 15) is 10.2 Å². The highest BCUT2D eigenvalue weighted by molar-refractivity contribution is 7.14. The van der Waals surface area contributed by atoms with Gasteiger partial charge >= 0.3 is 0 Å². The van der Waals surface area contributed by atoms with Gasteiger partial charge in [0.25, 0.3) is 0 Å². The first kappa shape index (κ1) is 18.5. The lowest BCUT2D eigenvalue weighted by molar-refractivity contribution is 0.476. The van der Waals surface area contributed by atoms with Crippen LogP contribution in [0.2, 0.25) is 0 Å². The van der Waals surface area contributed by atoms with Crippen LogP contribution in [0.4, 0.5) is 0 Å². The van der Waals surface area contributed by atoms with E-state index in [2.05, 4.69) is 6.07 Å². The van der Waals surface area contributed by atoms with Gasteiger partial charge in [0.05, 0.1) is 11.4 Å². The van der Waals surface area contributed by atoms with Gasteiger partial charge in [0.15, 0.2) is 0 Å². The van der Waals surface area contributed by atoms with E-state index in [0.29, 0.717) is 0 Å². The predicted molar refractivity (Wildman–Crippen MR) is 123 cm³/mol. The van der Waals surface area contributed by atoms with E-state index < -0.39 is 0 Å². The number of nitrogens with zero attached hydrogens (tertiary/aromatic N) is 2. The van der Waals surface area contributed by atoms with E-state index in [-0.39, 0.29) is 11.5 Å². The third-order valence-electron chi connectivity index (χ3n) is 4.72. The SMILES string of the molecule is Oc1ccccc1-c1csc(-c2cccc(-c3nc(-c4ccccc4O)cs3)c2)n1. The zero-order chi connectivity index (χ0) is 20.5. The van der Waals surface area contributed by atoms with E-state index in [0.717, 1.165) is 43.7 Å². The molecule has 5 aromatic rings. The van der Waals surface area contributed by atoms with Crippen LogP contribution in [0.1, 0.15) is 0 Å². The number of phenolic OH excluding ortho intramolecular Hbond substituents is 2. The Kier molecular flexibility index (Phi) is 4.78. The average Bonchev–Trinajstić information content (AvgIpc) is 3.45. The Morgan fingerprint density at radius 2 is 1.03 bits per heavy atom. The normalized spacial score (nSPS) is 10.9. The van der Waals surface area contributed by atoms with Gasteiger partial charge in [0, 0.05) is 33.0 Å². The maximum Gasteiger partial charge on any atom is 0.125 e. The van der Waals surface area contributed by atoms with Crippen molar-refractivity contribution in [2.45, 2.75) is 0 Å². The molecule has 2 aromatic heterocycles. The molecule has 30 heavy (non-hydrogen) atoms. The molecule has 6 heteroatoms. The maximum atomic E-state index is 10.1. The maximum absolute atomic E-state index is 10.1. The highest BCUT2D eigenvalue weighted by atomic mass is 32.1. The molecule has 0 aliphatic heterocycles. The van der Waals surface area contributed by atoms with E-state index in [4.69, 9.17) is 9.97 Å². The standard InChI is InChI=1S/C24H16N2O2S2/c27-21-10-3-1-8-17(21)19-13-29-23(25-19)15-6-5-7-16(12-15)24-26-20(14-30-24)18-9-2-4-11-22(18)28/h1-14,27-28H. The number of thiazole rings is 2. The molecule has 2 N–H and O–H groups in total. The summed E-state index contributed by atoms with van der Waals surface area (Å²) in [5.74, 6) is 0.449. The van der Waals surface area contributed by atoms with Gasteiger partial charge in [-0.1, -0.05) is 42.5 Å². The molecule has 146 valence electrons. The average molecular weight is 429 g/mol. The van der Waals surface area contributed by atoms with Crippen LogP contribution in [-0.4, -0.2) is 20.2 Å². The summed E-state index contributed by atoms with van der Waals surface area (Å²) < 4.78 is 0. The molecule has 0 atom stereocenters. The fourth-order valence-electron chi connectivity index (χ4n) is 3.23. The van der Waals surface area contributed by atoms with Gasteiger partial charge < -0.3 is 10.2 Å². The van der Waals surface area contributed by atoms with Crippen LogP contribution in [0, 0.1) is 0 Å². The summed E-state index contributed by atoms with van der Waals surface area (Å²) in [6, 6.07) is 22.5. The van der Waals surface area contributed by atoms with Crippen LogP contribution in [0.3, 0.4) is 0 Å².